The first-order valence-electron chi connectivity index (χ1n) is 17.8. The van der Waals surface area contributed by atoms with Gasteiger partial charge >= 0.3 is 0 Å². The Hall–Kier alpha value is -6.90. The zero-order chi connectivity index (χ0) is 33.9. The maximum atomic E-state index is 6.39. The smallest absolute Gasteiger partial charge is 0.136 e. The first-order valence-corrected chi connectivity index (χ1v) is 17.8. The third-order valence-corrected chi connectivity index (χ3v) is 11.2. The standard InChI is InChI=1S/C50H28O2/c1-2-10-33-31(9-1)25-41(35-12-4-3-11-34(33)35)32-18-21-39-38-20-17-29(23-42(38)36-13-5-6-14-37(36)43(39)26-32)30-19-22-48-44(24-30)46-28-49-45(27-50(46)52-48)40-15-7-8-16-47(40)51-49/h1-28H. The molecule has 12 aromatic rings. The molecular formula is C50H28O2. The van der Waals surface area contributed by atoms with Crippen LogP contribution in [0, 0.1) is 0 Å². The molecule has 2 heterocycles. The summed E-state index contributed by atoms with van der Waals surface area (Å²) in [5.41, 5.74) is 8.35. The van der Waals surface area contributed by atoms with E-state index in [9.17, 15) is 0 Å². The lowest BCUT2D eigenvalue weighted by Crippen LogP contribution is -1.88. The Morgan fingerprint density at radius 1 is 0.231 bits per heavy atom. The van der Waals surface area contributed by atoms with E-state index >= 15 is 0 Å². The maximum absolute atomic E-state index is 6.39. The fourth-order valence-corrected chi connectivity index (χ4v) is 8.77. The summed E-state index contributed by atoms with van der Waals surface area (Å²) in [6.45, 7) is 0. The van der Waals surface area contributed by atoms with E-state index in [1.807, 2.05) is 18.2 Å². The molecule has 10 aromatic carbocycles. The first-order chi connectivity index (χ1) is 25.7. The van der Waals surface area contributed by atoms with Crippen LogP contribution in [0.25, 0.3) is 120 Å². The SMILES string of the molecule is c1ccc2c(c1)cc(-c1ccc3c4ccc(-c5ccc6oc7cc8c(cc7c6c5)oc5ccccc58)cc4c4ccccc4c3c1)c1ccccc12. The van der Waals surface area contributed by atoms with Gasteiger partial charge in [-0.3, -0.25) is 0 Å². The van der Waals surface area contributed by atoms with E-state index < -0.39 is 0 Å². The highest BCUT2D eigenvalue weighted by atomic mass is 16.3. The topological polar surface area (TPSA) is 26.3 Å². The van der Waals surface area contributed by atoms with E-state index in [2.05, 4.69) is 152 Å². The number of benzene rings is 10. The summed E-state index contributed by atoms with van der Waals surface area (Å²) in [5, 5.41) is 17.0. The van der Waals surface area contributed by atoms with Crippen molar-refractivity contribution in [1.82, 2.24) is 0 Å². The van der Waals surface area contributed by atoms with E-state index in [0.29, 0.717) is 0 Å². The highest BCUT2D eigenvalue weighted by molar-refractivity contribution is 6.27. The van der Waals surface area contributed by atoms with E-state index in [4.69, 9.17) is 8.83 Å². The average molecular weight is 661 g/mol. The number of hydrogen-bond acceptors (Lipinski definition) is 2. The van der Waals surface area contributed by atoms with E-state index in [1.165, 1.54) is 70.6 Å². The Kier molecular flexibility index (Phi) is 5.53. The predicted octanol–water partition coefficient (Wildman–Crippen LogP) is 14.6. The molecule has 0 unspecified atom stereocenters. The zero-order valence-electron chi connectivity index (χ0n) is 28.0. The Balaban J connectivity index is 1.04. The predicted molar refractivity (Wildman–Crippen MR) is 219 cm³/mol. The van der Waals surface area contributed by atoms with E-state index in [-0.39, 0.29) is 0 Å². The van der Waals surface area contributed by atoms with Gasteiger partial charge in [-0.15, -0.1) is 0 Å². The number of fused-ring (bicyclic) bond motifs is 15. The summed E-state index contributed by atoms with van der Waals surface area (Å²) in [6, 6.07) is 61.7. The summed E-state index contributed by atoms with van der Waals surface area (Å²) < 4.78 is 12.6. The van der Waals surface area contributed by atoms with Crippen LogP contribution in [0.5, 0.6) is 0 Å². The Morgan fingerprint density at radius 3 is 1.38 bits per heavy atom. The van der Waals surface area contributed by atoms with Gasteiger partial charge in [0.05, 0.1) is 0 Å². The molecule has 0 aliphatic rings. The van der Waals surface area contributed by atoms with Crippen LogP contribution >= 0.6 is 0 Å². The second-order valence-corrected chi connectivity index (χ2v) is 14.0. The second-order valence-electron chi connectivity index (χ2n) is 14.0. The minimum atomic E-state index is 0.873. The van der Waals surface area contributed by atoms with Gasteiger partial charge in [-0.25, -0.2) is 0 Å². The second kappa shape index (κ2) is 10.3. The molecule has 0 saturated carbocycles. The van der Waals surface area contributed by atoms with Gasteiger partial charge in [0.1, 0.15) is 22.3 Å². The molecule has 0 amide bonds. The van der Waals surface area contributed by atoms with Crippen LogP contribution in [0.4, 0.5) is 0 Å². The average Bonchev–Trinajstić information content (AvgIpc) is 3.76. The van der Waals surface area contributed by atoms with Crippen molar-refractivity contribution in [2.24, 2.45) is 0 Å². The van der Waals surface area contributed by atoms with Gasteiger partial charge < -0.3 is 8.83 Å². The minimum Gasteiger partial charge on any atom is -0.456 e. The first kappa shape index (κ1) is 27.9. The molecule has 2 heteroatoms. The molecule has 0 bridgehead atoms. The molecule has 0 fully saturated rings. The van der Waals surface area contributed by atoms with Crippen molar-refractivity contribution in [2.75, 3.05) is 0 Å². The number of para-hydroxylation sites is 1. The Bertz CT molecular complexity index is 3450. The molecule has 0 atom stereocenters. The van der Waals surface area contributed by atoms with Crippen molar-refractivity contribution in [1.29, 1.82) is 0 Å². The molecule has 0 aliphatic heterocycles. The fraction of sp³-hybridized carbons (Fsp3) is 0. The van der Waals surface area contributed by atoms with Gasteiger partial charge in [0.15, 0.2) is 0 Å². The van der Waals surface area contributed by atoms with Gasteiger partial charge in [-0.2, -0.15) is 0 Å². The van der Waals surface area contributed by atoms with E-state index in [1.54, 1.807) is 0 Å². The summed E-state index contributed by atoms with van der Waals surface area (Å²) in [6.07, 6.45) is 0. The minimum absolute atomic E-state index is 0.873. The molecule has 0 saturated heterocycles. The normalized spacial score (nSPS) is 12.2. The molecule has 0 spiro atoms. The van der Waals surface area contributed by atoms with Crippen molar-refractivity contribution < 1.29 is 8.83 Å². The third kappa shape index (κ3) is 3.89. The number of furan rings is 2. The molecule has 2 nitrogen and oxygen atoms in total. The van der Waals surface area contributed by atoms with Gasteiger partial charge in [0.2, 0.25) is 0 Å². The van der Waals surface area contributed by atoms with Crippen LogP contribution in [0.3, 0.4) is 0 Å². The van der Waals surface area contributed by atoms with Crippen molar-refractivity contribution in [3.05, 3.63) is 170 Å². The van der Waals surface area contributed by atoms with Crippen molar-refractivity contribution in [3.63, 3.8) is 0 Å². The van der Waals surface area contributed by atoms with Crippen molar-refractivity contribution in [2.45, 2.75) is 0 Å². The monoisotopic (exact) mass is 660 g/mol. The van der Waals surface area contributed by atoms with Gasteiger partial charge in [-0.05, 0) is 125 Å². The van der Waals surface area contributed by atoms with Crippen LogP contribution in [0.15, 0.2) is 179 Å². The Labute approximate surface area is 297 Å². The van der Waals surface area contributed by atoms with Crippen molar-refractivity contribution >= 4 is 97.7 Å². The molecule has 240 valence electrons. The van der Waals surface area contributed by atoms with Crippen LogP contribution in [0.1, 0.15) is 0 Å². The third-order valence-electron chi connectivity index (χ3n) is 11.2. The molecular weight excluding hydrogens is 633 g/mol. The molecule has 0 aliphatic carbocycles. The van der Waals surface area contributed by atoms with Crippen LogP contribution < -0.4 is 0 Å². The lowest BCUT2D eigenvalue weighted by atomic mass is 9.88. The summed E-state index contributed by atoms with van der Waals surface area (Å²) in [4.78, 5) is 0. The van der Waals surface area contributed by atoms with Gasteiger partial charge in [0.25, 0.3) is 0 Å². The summed E-state index contributed by atoms with van der Waals surface area (Å²) >= 11 is 0. The molecule has 12 rings (SSSR count). The lowest BCUT2D eigenvalue weighted by Gasteiger charge is -2.15. The largest absolute Gasteiger partial charge is 0.456 e. The quantitative estimate of drug-likeness (QED) is 0.173. The summed E-state index contributed by atoms with van der Waals surface area (Å²) in [7, 11) is 0. The van der Waals surface area contributed by atoms with Crippen molar-refractivity contribution in [3.8, 4) is 22.3 Å². The summed E-state index contributed by atoms with van der Waals surface area (Å²) in [5.74, 6) is 0. The fourth-order valence-electron chi connectivity index (χ4n) is 8.77. The number of rotatable bonds is 2. The van der Waals surface area contributed by atoms with Crippen LogP contribution in [0.2, 0.25) is 0 Å². The van der Waals surface area contributed by atoms with Crippen LogP contribution in [-0.4, -0.2) is 0 Å². The van der Waals surface area contributed by atoms with Gasteiger partial charge in [0, 0.05) is 21.5 Å². The lowest BCUT2D eigenvalue weighted by molar-refractivity contribution is 0.664. The van der Waals surface area contributed by atoms with Crippen LogP contribution in [-0.2, 0) is 0 Å². The van der Waals surface area contributed by atoms with Gasteiger partial charge in [-0.1, -0.05) is 121 Å². The molecule has 0 radical (unpaired) electrons. The highest BCUT2D eigenvalue weighted by Gasteiger charge is 2.16. The zero-order valence-corrected chi connectivity index (χ0v) is 28.0. The highest BCUT2D eigenvalue weighted by Crippen LogP contribution is 2.42. The molecule has 0 N–H and O–H groups in total. The number of hydrogen-bond donors (Lipinski definition) is 0. The van der Waals surface area contributed by atoms with E-state index in [0.717, 1.165) is 49.4 Å². The Morgan fingerprint density at radius 2 is 0.673 bits per heavy atom. The molecule has 52 heavy (non-hydrogen) atoms. The maximum Gasteiger partial charge on any atom is 0.136 e. The molecule has 2 aromatic heterocycles.